The molecule has 0 bridgehead atoms. The highest BCUT2D eigenvalue weighted by atomic mass is 32.2. The fourth-order valence-corrected chi connectivity index (χ4v) is 4.14. The van der Waals surface area contributed by atoms with E-state index >= 15 is 0 Å². The van der Waals surface area contributed by atoms with Crippen molar-refractivity contribution in [2.45, 2.75) is 45.3 Å². The summed E-state index contributed by atoms with van der Waals surface area (Å²) in [6.45, 7) is 7.34. The molecule has 23 heavy (non-hydrogen) atoms. The van der Waals surface area contributed by atoms with Gasteiger partial charge in [0.1, 0.15) is 0 Å². The number of likely N-dealkylation sites (tertiary alicyclic amines) is 1. The van der Waals surface area contributed by atoms with E-state index < -0.39 is 15.3 Å². The molecule has 0 aromatic heterocycles. The summed E-state index contributed by atoms with van der Waals surface area (Å²) in [6, 6.07) is 6.68. The first-order valence-electron chi connectivity index (χ1n) is 8.20. The van der Waals surface area contributed by atoms with E-state index in [1.54, 1.807) is 31.2 Å². The molecule has 0 aliphatic carbocycles. The molecule has 1 aliphatic heterocycles. The van der Waals surface area contributed by atoms with Crippen molar-refractivity contribution in [1.29, 1.82) is 0 Å². The minimum absolute atomic E-state index is 0.0186. The van der Waals surface area contributed by atoms with Gasteiger partial charge in [-0.3, -0.25) is 9.52 Å². The fraction of sp³-hybridized carbons (Fsp3) is 0.588. The van der Waals surface area contributed by atoms with Gasteiger partial charge in [-0.2, -0.15) is 0 Å². The van der Waals surface area contributed by atoms with Gasteiger partial charge in [-0.1, -0.05) is 13.8 Å². The molecule has 1 aromatic rings. The number of benzene rings is 1. The Morgan fingerprint density at radius 3 is 2.22 bits per heavy atom. The molecule has 0 spiro atoms. The first-order chi connectivity index (χ1) is 10.8. The van der Waals surface area contributed by atoms with E-state index in [4.69, 9.17) is 0 Å². The van der Waals surface area contributed by atoms with Gasteiger partial charge in [0.15, 0.2) is 0 Å². The second-order valence-electron chi connectivity index (χ2n) is 6.66. The fourth-order valence-electron chi connectivity index (χ4n) is 2.84. The van der Waals surface area contributed by atoms with E-state index in [1.807, 2.05) is 18.7 Å². The summed E-state index contributed by atoms with van der Waals surface area (Å²) in [6.07, 6.45) is 2.72. The number of nitrogens with zero attached hydrogens (tertiary/aromatic N) is 1. The molecule has 1 saturated heterocycles. The first kappa shape index (κ1) is 17.8. The number of sulfonamides is 1. The summed E-state index contributed by atoms with van der Waals surface area (Å²) in [5, 5.41) is -0.451. The van der Waals surface area contributed by atoms with E-state index in [0.717, 1.165) is 25.9 Å². The maximum absolute atomic E-state index is 12.3. The lowest BCUT2D eigenvalue weighted by Crippen LogP contribution is -2.28. The topological polar surface area (TPSA) is 66.5 Å². The van der Waals surface area contributed by atoms with E-state index in [2.05, 4.69) is 4.72 Å². The molecule has 1 unspecified atom stereocenters. The van der Waals surface area contributed by atoms with Crippen LogP contribution in [0.15, 0.2) is 24.3 Å². The van der Waals surface area contributed by atoms with Crippen LogP contribution in [-0.2, 0) is 10.0 Å². The second-order valence-corrected chi connectivity index (χ2v) is 8.76. The van der Waals surface area contributed by atoms with Crippen molar-refractivity contribution in [2.75, 3.05) is 17.8 Å². The number of anilines is 1. The number of hydrogen-bond acceptors (Lipinski definition) is 3. The summed E-state index contributed by atoms with van der Waals surface area (Å²) >= 11 is 0. The molecule has 0 radical (unpaired) electrons. The zero-order chi connectivity index (χ0) is 17.0. The predicted molar refractivity (Wildman–Crippen MR) is 93.0 cm³/mol. The Labute approximate surface area is 139 Å². The SMILES string of the molecule is CC(C)CC(C)S(=O)(=O)Nc1ccc(C(=O)N2CCCC2)cc1. The van der Waals surface area contributed by atoms with Gasteiger partial charge in [-0.25, -0.2) is 8.42 Å². The van der Waals surface area contributed by atoms with E-state index in [9.17, 15) is 13.2 Å². The summed E-state index contributed by atoms with van der Waals surface area (Å²) < 4.78 is 27.2. The molecule has 0 saturated carbocycles. The van der Waals surface area contributed by atoms with Crippen molar-refractivity contribution >= 4 is 21.6 Å². The van der Waals surface area contributed by atoms with Gasteiger partial charge in [0, 0.05) is 24.3 Å². The average molecular weight is 338 g/mol. The predicted octanol–water partition coefficient (Wildman–Crippen LogP) is 3.10. The number of rotatable bonds is 6. The lowest BCUT2D eigenvalue weighted by molar-refractivity contribution is 0.0793. The van der Waals surface area contributed by atoms with Gasteiger partial charge in [-0.05, 0) is 56.4 Å². The smallest absolute Gasteiger partial charge is 0.253 e. The average Bonchev–Trinajstić information content (AvgIpc) is 3.00. The van der Waals surface area contributed by atoms with Crippen LogP contribution >= 0.6 is 0 Å². The lowest BCUT2D eigenvalue weighted by Gasteiger charge is -2.17. The zero-order valence-electron chi connectivity index (χ0n) is 14.1. The van der Waals surface area contributed by atoms with Crippen molar-refractivity contribution in [3.63, 3.8) is 0 Å². The molecule has 1 aromatic carbocycles. The highest BCUT2D eigenvalue weighted by Gasteiger charge is 2.22. The Balaban J connectivity index is 2.03. The molecule has 6 heteroatoms. The van der Waals surface area contributed by atoms with Crippen LogP contribution in [-0.4, -0.2) is 37.6 Å². The van der Waals surface area contributed by atoms with E-state index in [1.165, 1.54) is 0 Å². The maximum atomic E-state index is 12.3. The molecule has 5 nitrogen and oxygen atoms in total. The molecular weight excluding hydrogens is 312 g/mol. The zero-order valence-corrected chi connectivity index (χ0v) is 14.9. The van der Waals surface area contributed by atoms with Crippen LogP contribution in [0.3, 0.4) is 0 Å². The van der Waals surface area contributed by atoms with Gasteiger partial charge in [0.05, 0.1) is 5.25 Å². The number of hydrogen-bond donors (Lipinski definition) is 1. The molecule has 1 amide bonds. The molecule has 2 rings (SSSR count). The Hall–Kier alpha value is -1.56. The normalized spacial score (nSPS) is 16.6. The molecule has 1 fully saturated rings. The Morgan fingerprint density at radius 1 is 1.13 bits per heavy atom. The number of carbonyl (C=O) groups excluding carboxylic acids is 1. The Kier molecular flexibility index (Phi) is 5.68. The first-order valence-corrected chi connectivity index (χ1v) is 9.75. The van der Waals surface area contributed by atoms with Crippen molar-refractivity contribution in [2.24, 2.45) is 5.92 Å². The van der Waals surface area contributed by atoms with Crippen LogP contribution in [0.2, 0.25) is 0 Å². The van der Waals surface area contributed by atoms with Crippen LogP contribution in [0.4, 0.5) is 5.69 Å². The van der Waals surface area contributed by atoms with Crippen LogP contribution in [0.25, 0.3) is 0 Å². The van der Waals surface area contributed by atoms with E-state index in [-0.39, 0.29) is 5.91 Å². The van der Waals surface area contributed by atoms with Crippen molar-refractivity contribution in [1.82, 2.24) is 4.90 Å². The maximum Gasteiger partial charge on any atom is 0.253 e. The van der Waals surface area contributed by atoms with Crippen LogP contribution in [0, 0.1) is 5.92 Å². The molecule has 1 N–H and O–H groups in total. The third kappa shape index (κ3) is 4.70. The summed E-state index contributed by atoms with van der Waals surface area (Å²) in [5.41, 5.74) is 1.10. The van der Waals surface area contributed by atoms with Crippen LogP contribution in [0.1, 0.15) is 50.4 Å². The lowest BCUT2D eigenvalue weighted by atomic mass is 10.1. The van der Waals surface area contributed by atoms with Gasteiger partial charge in [-0.15, -0.1) is 0 Å². The molecule has 1 heterocycles. The number of amides is 1. The quantitative estimate of drug-likeness (QED) is 0.867. The standard InChI is InChI=1S/C17H26N2O3S/c1-13(2)12-14(3)23(21,22)18-16-8-6-15(7-9-16)17(20)19-10-4-5-11-19/h6-9,13-14,18H,4-5,10-12H2,1-3H3. The van der Waals surface area contributed by atoms with E-state index in [0.29, 0.717) is 23.6 Å². The number of carbonyl (C=O) groups is 1. The highest BCUT2D eigenvalue weighted by Crippen LogP contribution is 2.19. The van der Waals surface area contributed by atoms with Crippen molar-refractivity contribution in [3.05, 3.63) is 29.8 Å². The largest absolute Gasteiger partial charge is 0.339 e. The molecule has 1 aliphatic rings. The van der Waals surface area contributed by atoms with Gasteiger partial charge in [0.25, 0.3) is 5.91 Å². The third-order valence-electron chi connectivity index (χ3n) is 4.12. The van der Waals surface area contributed by atoms with Crippen molar-refractivity contribution < 1.29 is 13.2 Å². The molecular formula is C17H26N2O3S. The third-order valence-corrected chi connectivity index (χ3v) is 5.89. The summed E-state index contributed by atoms with van der Waals surface area (Å²) in [4.78, 5) is 14.1. The van der Waals surface area contributed by atoms with Crippen LogP contribution < -0.4 is 4.72 Å². The van der Waals surface area contributed by atoms with Gasteiger partial charge in [0.2, 0.25) is 10.0 Å². The van der Waals surface area contributed by atoms with Crippen LogP contribution in [0.5, 0.6) is 0 Å². The molecule has 128 valence electrons. The highest BCUT2D eigenvalue weighted by molar-refractivity contribution is 7.93. The Bertz CT molecular complexity index is 632. The van der Waals surface area contributed by atoms with Crippen molar-refractivity contribution in [3.8, 4) is 0 Å². The summed E-state index contributed by atoms with van der Waals surface area (Å²) in [7, 11) is -3.40. The molecule has 1 atom stereocenters. The summed E-state index contributed by atoms with van der Waals surface area (Å²) in [5.74, 6) is 0.340. The van der Waals surface area contributed by atoms with Gasteiger partial charge >= 0.3 is 0 Å². The Morgan fingerprint density at radius 2 is 1.70 bits per heavy atom. The minimum atomic E-state index is -3.40. The second kappa shape index (κ2) is 7.34. The number of nitrogens with one attached hydrogen (secondary N) is 1. The monoisotopic (exact) mass is 338 g/mol. The van der Waals surface area contributed by atoms with Gasteiger partial charge < -0.3 is 4.90 Å². The minimum Gasteiger partial charge on any atom is -0.339 e.